The number of carbonyl (C=O) groups is 7. The SMILES string of the molecule is C=CC(=O)OCC(C)OC(=O)CCC(=O)Oc1ccc(OC(=O)CCC(=O)OCC(C)OC(=O)C=C)cc1C=O. The highest BCUT2D eigenvalue weighted by Crippen LogP contribution is 2.24. The summed E-state index contributed by atoms with van der Waals surface area (Å²) in [7, 11) is 0. The molecule has 0 spiro atoms. The maximum atomic E-state index is 12.1. The Morgan fingerprint density at radius 3 is 1.90 bits per heavy atom. The normalized spacial score (nSPS) is 11.6. The van der Waals surface area contributed by atoms with E-state index in [2.05, 4.69) is 13.2 Å². The zero-order valence-electron chi connectivity index (χ0n) is 22.1. The minimum absolute atomic E-state index is 0.0417. The summed E-state index contributed by atoms with van der Waals surface area (Å²) in [5, 5.41) is 0. The fourth-order valence-electron chi connectivity index (χ4n) is 2.68. The lowest BCUT2D eigenvalue weighted by Crippen LogP contribution is -2.22. The molecule has 0 aliphatic rings. The molecule has 2 unspecified atom stereocenters. The smallest absolute Gasteiger partial charge is 0.330 e. The van der Waals surface area contributed by atoms with Crippen LogP contribution in [-0.2, 0) is 47.7 Å². The number of rotatable bonds is 17. The first-order valence-electron chi connectivity index (χ1n) is 11.9. The van der Waals surface area contributed by atoms with Crippen LogP contribution in [0.25, 0.3) is 0 Å². The highest BCUT2D eigenvalue weighted by atomic mass is 16.6. The molecule has 1 rings (SSSR count). The van der Waals surface area contributed by atoms with Gasteiger partial charge in [0, 0.05) is 12.2 Å². The maximum absolute atomic E-state index is 12.1. The van der Waals surface area contributed by atoms with Gasteiger partial charge in [0.05, 0.1) is 31.2 Å². The average molecular weight is 563 g/mol. The third-order valence-corrected chi connectivity index (χ3v) is 4.55. The van der Waals surface area contributed by atoms with Crippen molar-refractivity contribution < 1.29 is 62.0 Å². The molecule has 0 bridgehead atoms. The number of ether oxygens (including phenoxy) is 6. The van der Waals surface area contributed by atoms with Crippen LogP contribution < -0.4 is 9.47 Å². The van der Waals surface area contributed by atoms with Crippen LogP contribution in [0.1, 0.15) is 49.9 Å². The zero-order chi connectivity index (χ0) is 30.1. The van der Waals surface area contributed by atoms with E-state index in [-0.39, 0.29) is 56.0 Å². The lowest BCUT2D eigenvalue weighted by molar-refractivity contribution is -0.156. The van der Waals surface area contributed by atoms with Crippen LogP contribution >= 0.6 is 0 Å². The molecule has 0 aliphatic heterocycles. The van der Waals surface area contributed by atoms with Crippen LogP contribution in [0.2, 0.25) is 0 Å². The average Bonchev–Trinajstić information content (AvgIpc) is 2.93. The molecular weight excluding hydrogens is 532 g/mol. The van der Waals surface area contributed by atoms with Gasteiger partial charge in [-0.1, -0.05) is 13.2 Å². The van der Waals surface area contributed by atoms with E-state index < -0.39 is 48.0 Å². The number of carbonyl (C=O) groups excluding carboxylic acids is 7. The van der Waals surface area contributed by atoms with Crippen molar-refractivity contribution in [2.24, 2.45) is 0 Å². The monoisotopic (exact) mass is 562 g/mol. The summed E-state index contributed by atoms with van der Waals surface area (Å²) in [5.41, 5.74) is -0.110. The second-order valence-electron chi connectivity index (χ2n) is 8.03. The molecule has 0 amide bonds. The Bertz CT molecular complexity index is 1120. The molecule has 216 valence electrons. The van der Waals surface area contributed by atoms with Crippen molar-refractivity contribution in [3.63, 3.8) is 0 Å². The third kappa shape index (κ3) is 13.7. The Hall–Kier alpha value is -4.81. The largest absolute Gasteiger partial charge is 0.462 e. The number of benzene rings is 1. The summed E-state index contributed by atoms with van der Waals surface area (Å²) in [4.78, 5) is 81.4. The van der Waals surface area contributed by atoms with Crippen LogP contribution in [-0.4, -0.2) is 67.5 Å². The van der Waals surface area contributed by atoms with Crippen LogP contribution in [0, 0.1) is 0 Å². The first kappa shape index (κ1) is 33.2. The Morgan fingerprint density at radius 2 is 1.27 bits per heavy atom. The number of hydrogen-bond acceptors (Lipinski definition) is 13. The summed E-state index contributed by atoms with van der Waals surface area (Å²) >= 11 is 0. The Labute approximate surface area is 230 Å². The molecule has 40 heavy (non-hydrogen) atoms. The van der Waals surface area contributed by atoms with E-state index in [0.717, 1.165) is 18.2 Å². The topological polar surface area (TPSA) is 175 Å². The maximum Gasteiger partial charge on any atom is 0.330 e. The summed E-state index contributed by atoms with van der Waals surface area (Å²) in [6.07, 6.45) is -0.469. The lowest BCUT2D eigenvalue weighted by atomic mass is 10.2. The van der Waals surface area contributed by atoms with Gasteiger partial charge in [-0.05, 0) is 32.0 Å². The summed E-state index contributed by atoms with van der Waals surface area (Å²) in [6, 6.07) is 3.64. The molecule has 1 aromatic rings. The molecule has 2 atom stereocenters. The van der Waals surface area contributed by atoms with Crippen molar-refractivity contribution in [3.8, 4) is 11.5 Å². The first-order valence-corrected chi connectivity index (χ1v) is 11.9. The minimum Gasteiger partial charge on any atom is -0.462 e. The van der Waals surface area contributed by atoms with Crippen molar-refractivity contribution in [1.29, 1.82) is 0 Å². The van der Waals surface area contributed by atoms with Gasteiger partial charge < -0.3 is 28.4 Å². The summed E-state index contributed by atoms with van der Waals surface area (Å²) < 4.78 is 29.7. The van der Waals surface area contributed by atoms with Gasteiger partial charge in [-0.25, -0.2) is 9.59 Å². The van der Waals surface area contributed by atoms with Crippen molar-refractivity contribution in [3.05, 3.63) is 49.1 Å². The number of hydrogen-bond donors (Lipinski definition) is 0. The highest BCUT2D eigenvalue weighted by molar-refractivity contribution is 5.85. The molecule has 13 heteroatoms. The van der Waals surface area contributed by atoms with Gasteiger partial charge in [0.2, 0.25) is 0 Å². The van der Waals surface area contributed by atoms with Crippen LogP contribution in [0.15, 0.2) is 43.5 Å². The second kappa shape index (κ2) is 17.7. The van der Waals surface area contributed by atoms with Crippen molar-refractivity contribution in [2.75, 3.05) is 13.2 Å². The van der Waals surface area contributed by atoms with Gasteiger partial charge in [0.15, 0.2) is 6.29 Å². The minimum atomic E-state index is -0.831. The predicted molar refractivity (Wildman–Crippen MR) is 135 cm³/mol. The van der Waals surface area contributed by atoms with Gasteiger partial charge >= 0.3 is 35.8 Å². The van der Waals surface area contributed by atoms with Crippen LogP contribution in [0.4, 0.5) is 0 Å². The molecule has 0 heterocycles. The van der Waals surface area contributed by atoms with E-state index in [1.165, 1.54) is 26.0 Å². The van der Waals surface area contributed by atoms with Crippen molar-refractivity contribution in [1.82, 2.24) is 0 Å². The number of esters is 6. The van der Waals surface area contributed by atoms with Gasteiger partial charge in [-0.2, -0.15) is 0 Å². The van der Waals surface area contributed by atoms with E-state index in [9.17, 15) is 33.6 Å². The molecule has 0 radical (unpaired) electrons. The predicted octanol–water partition coefficient (Wildman–Crippen LogP) is 2.19. The summed E-state index contributed by atoms with van der Waals surface area (Å²) in [5.74, 6) is -4.59. The first-order chi connectivity index (χ1) is 19.0. The van der Waals surface area contributed by atoms with Crippen LogP contribution in [0.3, 0.4) is 0 Å². The van der Waals surface area contributed by atoms with Crippen LogP contribution in [0.5, 0.6) is 11.5 Å². The van der Waals surface area contributed by atoms with Gasteiger partial charge in [-0.15, -0.1) is 0 Å². The molecule has 0 N–H and O–H groups in total. The molecular formula is C27H30O13. The molecule has 13 nitrogen and oxygen atoms in total. The Balaban J connectivity index is 2.49. The Morgan fingerprint density at radius 1 is 0.725 bits per heavy atom. The van der Waals surface area contributed by atoms with E-state index in [0.29, 0.717) is 6.29 Å². The van der Waals surface area contributed by atoms with Gasteiger partial charge in [0.1, 0.15) is 36.9 Å². The molecule has 0 aliphatic carbocycles. The molecule has 1 aromatic carbocycles. The quantitative estimate of drug-likeness (QED) is 0.0889. The Kier molecular flexibility index (Phi) is 14.7. The fraction of sp³-hybridized carbons (Fsp3) is 0.370. The standard InChI is InChI=1S/C27H30O13/c1-5-22(29)35-15-18(4)38-25(32)11-12-27(34)40-21-8-7-20(13-19(21)14-28)39-26(33)10-9-24(31)36-16-17(3)37-23(30)6-2/h5-8,13-14,17-18H,1-2,9-12,15-16H2,3-4H3. The highest BCUT2D eigenvalue weighted by Gasteiger charge is 2.17. The van der Waals surface area contributed by atoms with Gasteiger partial charge in [-0.3, -0.25) is 24.0 Å². The van der Waals surface area contributed by atoms with E-state index in [1.807, 2.05) is 0 Å². The molecule has 0 saturated heterocycles. The molecule has 0 saturated carbocycles. The number of aldehydes is 1. The third-order valence-electron chi connectivity index (χ3n) is 4.55. The van der Waals surface area contributed by atoms with E-state index in [1.54, 1.807) is 0 Å². The molecule has 0 fully saturated rings. The van der Waals surface area contributed by atoms with Crippen molar-refractivity contribution in [2.45, 2.75) is 51.7 Å². The van der Waals surface area contributed by atoms with Gasteiger partial charge in [0.25, 0.3) is 0 Å². The second-order valence-corrected chi connectivity index (χ2v) is 8.03. The summed E-state index contributed by atoms with van der Waals surface area (Å²) in [6.45, 7) is 9.11. The lowest BCUT2D eigenvalue weighted by Gasteiger charge is -2.13. The van der Waals surface area contributed by atoms with E-state index >= 15 is 0 Å². The zero-order valence-corrected chi connectivity index (χ0v) is 22.1. The van der Waals surface area contributed by atoms with E-state index in [4.69, 9.17) is 28.4 Å². The fourth-order valence-corrected chi connectivity index (χ4v) is 2.68. The van der Waals surface area contributed by atoms with Crippen molar-refractivity contribution >= 4 is 42.1 Å². The molecule has 0 aromatic heterocycles.